The van der Waals surface area contributed by atoms with Crippen molar-refractivity contribution in [2.75, 3.05) is 5.01 Å². The Morgan fingerprint density at radius 2 is 1.80 bits per heavy atom. The lowest BCUT2D eigenvalue weighted by Gasteiger charge is -2.19. The molecule has 1 amide bonds. The second kappa shape index (κ2) is 6.64. The molecular weight excluding hydrogens is 266 g/mol. The van der Waals surface area contributed by atoms with Crippen LogP contribution in [0.3, 0.4) is 0 Å². The third kappa shape index (κ3) is 3.77. The largest absolute Gasteiger partial charge is 0.480 e. The number of nitrogens with two attached hydrogens (primary N) is 2. The molecule has 1 rings (SSSR count). The SMILES string of the molecule is N[C@H](CCC(=O)N(N)c1ccccc1C(=O)O)C(=O)O. The van der Waals surface area contributed by atoms with Gasteiger partial charge in [-0.3, -0.25) is 9.59 Å². The standard InChI is InChI=1S/C12H15N3O5/c13-8(12(19)20)5-6-10(16)15(14)9-4-2-1-3-7(9)11(17)18/h1-4,8H,5-6,13-14H2,(H,17,18)(H,19,20)/t8-/m1/s1. The number of aliphatic carboxylic acids is 1. The van der Waals surface area contributed by atoms with E-state index in [1.165, 1.54) is 24.3 Å². The molecule has 1 atom stereocenters. The first kappa shape index (κ1) is 15.6. The van der Waals surface area contributed by atoms with E-state index in [0.717, 1.165) is 0 Å². The van der Waals surface area contributed by atoms with E-state index in [1.807, 2.05) is 0 Å². The topological polar surface area (TPSA) is 147 Å². The molecule has 8 nitrogen and oxygen atoms in total. The van der Waals surface area contributed by atoms with Crippen molar-refractivity contribution in [3.63, 3.8) is 0 Å². The molecule has 0 radical (unpaired) electrons. The van der Waals surface area contributed by atoms with Gasteiger partial charge in [0.15, 0.2) is 0 Å². The summed E-state index contributed by atoms with van der Waals surface area (Å²) in [7, 11) is 0. The average molecular weight is 281 g/mol. The molecule has 20 heavy (non-hydrogen) atoms. The molecule has 1 aromatic carbocycles. The fraction of sp³-hybridized carbons (Fsp3) is 0.250. The zero-order chi connectivity index (χ0) is 15.3. The van der Waals surface area contributed by atoms with Gasteiger partial charge < -0.3 is 15.9 Å². The van der Waals surface area contributed by atoms with Crippen molar-refractivity contribution in [3.8, 4) is 0 Å². The minimum absolute atomic E-state index is 0.0360. The lowest BCUT2D eigenvalue weighted by molar-refractivity contribution is -0.138. The van der Waals surface area contributed by atoms with Gasteiger partial charge in [-0.25, -0.2) is 15.6 Å². The third-order valence-electron chi connectivity index (χ3n) is 2.65. The second-order valence-electron chi connectivity index (χ2n) is 4.07. The summed E-state index contributed by atoms with van der Waals surface area (Å²) in [6.45, 7) is 0. The number of benzene rings is 1. The first-order chi connectivity index (χ1) is 9.34. The van der Waals surface area contributed by atoms with Crippen LogP contribution in [-0.4, -0.2) is 34.1 Å². The predicted molar refractivity (Wildman–Crippen MR) is 69.9 cm³/mol. The Kier molecular flexibility index (Phi) is 5.18. The Bertz CT molecular complexity index is 532. The number of anilines is 1. The molecule has 8 heteroatoms. The molecule has 0 saturated heterocycles. The first-order valence-electron chi connectivity index (χ1n) is 5.73. The number of carbonyl (C=O) groups is 3. The van der Waals surface area contributed by atoms with Crippen LogP contribution in [0.2, 0.25) is 0 Å². The number of para-hydroxylation sites is 1. The molecule has 0 aliphatic carbocycles. The van der Waals surface area contributed by atoms with Gasteiger partial charge in [0.25, 0.3) is 0 Å². The van der Waals surface area contributed by atoms with Gasteiger partial charge in [-0.15, -0.1) is 0 Å². The highest BCUT2D eigenvalue weighted by Crippen LogP contribution is 2.19. The summed E-state index contributed by atoms with van der Waals surface area (Å²) in [5, 5.41) is 18.3. The number of hydrogen-bond acceptors (Lipinski definition) is 5. The molecule has 0 unspecified atom stereocenters. The summed E-state index contributed by atoms with van der Waals surface area (Å²) in [5.74, 6) is 2.52. The molecule has 6 N–H and O–H groups in total. The zero-order valence-corrected chi connectivity index (χ0v) is 10.5. The minimum Gasteiger partial charge on any atom is -0.480 e. The number of hydrogen-bond donors (Lipinski definition) is 4. The molecular formula is C12H15N3O5. The van der Waals surface area contributed by atoms with Crippen molar-refractivity contribution >= 4 is 23.5 Å². The van der Waals surface area contributed by atoms with E-state index >= 15 is 0 Å². The van der Waals surface area contributed by atoms with Gasteiger partial charge in [0.1, 0.15) is 6.04 Å². The quantitative estimate of drug-likeness (QED) is 0.320. The van der Waals surface area contributed by atoms with Crippen LogP contribution in [0.5, 0.6) is 0 Å². The molecule has 0 bridgehead atoms. The maximum atomic E-state index is 11.8. The number of rotatable bonds is 6. The molecule has 0 saturated carbocycles. The van der Waals surface area contributed by atoms with Crippen molar-refractivity contribution in [1.29, 1.82) is 0 Å². The predicted octanol–water partition coefficient (Wildman–Crippen LogP) is -0.216. The summed E-state index contributed by atoms with van der Waals surface area (Å²) in [4.78, 5) is 33.4. The summed E-state index contributed by atoms with van der Waals surface area (Å²) in [6.07, 6.45) is -0.283. The van der Waals surface area contributed by atoms with Gasteiger partial charge in [0, 0.05) is 6.42 Å². The van der Waals surface area contributed by atoms with Crippen LogP contribution in [0.4, 0.5) is 5.69 Å². The summed E-state index contributed by atoms with van der Waals surface area (Å²) in [6, 6.07) is 4.58. The number of amides is 1. The number of nitrogens with zero attached hydrogens (tertiary/aromatic N) is 1. The lowest BCUT2D eigenvalue weighted by atomic mass is 10.1. The van der Waals surface area contributed by atoms with E-state index in [2.05, 4.69) is 0 Å². The van der Waals surface area contributed by atoms with Crippen LogP contribution in [0.25, 0.3) is 0 Å². The summed E-state index contributed by atoms with van der Waals surface area (Å²) >= 11 is 0. The summed E-state index contributed by atoms with van der Waals surface area (Å²) < 4.78 is 0. The van der Waals surface area contributed by atoms with Crippen molar-refractivity contribution in [2.24, 2.45) is 11.6 Å². The van der Waals surface area contributed by atoms with Gasteiger partial charge in [-0.1, -0.05) is 12.1 Å². The fourth-order valence-corrected chi connectivity index (χ4v) is 1.52. The number of hydrazine groups is 1. The van der Waals surface area contributed by atoms with E-state index in [0.29, 0.717) is 5.01 Å². The van der Waals surface area contributed by atoms with E-state index < -0.39 is 23.9 Å². The molecule has 0 aliphatic rings. The molecule has 0 aliphatic heterocycles. The van der Waals surface area contributed by atoms with Crippen LogP contribution >= 0.6 is 0 Å². The molecule has 108 valence electrons. The second-order valence-corrected chi connectivity index (χ2v) is 4.07. The van der Waals surface area contributed by atoms with Crippen LogP contribution in [0.1, 0.15) is 23.2 Å². The van der Waals surface area contributed by atoms with Crippen LogP contribution in [0, 0.1) is 0 Å². The average Bonchev–Trinajstić information content (AvgIpc) is 2.43. The maximum absolute atomic E-state index is 11.8. The normalized spacial score (nSPS) is 11.7. The monoisotopic (exact) mass is 281 g/mol. The lowest BCUT2D eigenvalue weighted by Crippen LogP contribution is -2.40. The van der Waals surface area contributed by atoms with E-state index in [9.17, 15) is 14.4 Å². The Morgan fingerprint density at radius 1 is 1.20 bits per heavy atom. The van der Waals surface area contributed by atoms with Gasteiger partial charge in [0.2, 0.25) is 5.91 Å². The molecule has 0 aromatic heterocycles. The van der Waals surface area contributed by atoms with Gasteiger partial charge >= 0.3 is 11.9 Å². The van der Waals surface area contributed by atoms with Gasteiger partial charge in [-0.2, -0.15) is 0 Å². The smallest absolute Gasteiger partial charge is 0.337 e. The van der Waals surface area contributed by atoms with Crippen molar-refractivity contribution in [3.05, 3.63) is 29.8 Å². The van der Waals surface area contributed by atoms with Crippen LogP contribution in [-0.2, 0) is 9.59 Å². The Labute approximate surface area is 114 Å². The molecule has 0 heterocycles. The first-order valence-corrected chi connectivity index (χ1v) is 5.73. The van der Waals surface area contributed by atoms with E-state index in [1.54, 1.807) is 0 Å². The molecule has 1 aromatic rings. The summed E-state index contributed by atoms with van der Waals surface area (Å²) in [5.41, 5.74) is 5.19. The highest BCUT2D eigenvalue weighted by molar-refractivity contribution is 6.01. The zero-order valence-electron chi connectivity index (χ0n) is 10.5. The Balaban J connectivity index is 2.80. The van der Waals surface area contributed by atoms with Gasteiger partial charge in [-0.05, 0) is 18.6 Å². The van der Waals surface area contributed by atoms with E-state index in [4.69, 9.17) is 21.8 Å². The number of carboxylic acids is 2. The van der Waals surface area contributed by atoms with Crippen molar-refractivity contribution in [2.45, 2.75) is 18.9 Å². The van der Waals surface area contributed by atoms with Crippen molar-refractivity contribution < 1.29 is 24.6 Å². The highest BCUT2D eigenvalue weighted by Gasteiger charge is 2.20. The fourth-order valence-electron chi connectivity index (χ4n) is 1.52. The van der Waals surface area contributed by atoms with Crippen LogP contribution in [0.15, 0.2) is 24.3 Å². The van der Waals surface area contributed by atoms with Crippen molar-refractivity contribution in [1.82, 2.24) is 0 Å². The number of carboxylic acid groups (broad SMARTS) is 2. The highest BCUT2D eigenvalue weighted by atomic mass is 16.4. The Hall–Kier alpha value is -2.45. The number of carbonyl (C=O) groups excluding carboxylic acids is 1. The third-order valence-corrected chi connectivity index (χ3v) is 2.65. The Morgan fingerprint density at radius 3 is 2.35 bits per heavy atom. The maximum Gasteiger partial charge on any atom is 0.337 e. The van der Waals surface area contributed by atoms with Gasteiger partial charge in [0.05, 0.1) is 11.3 Å². The number of aromatic carboxylic acids is 1. The minimum atomic E-state index is -1.22. The molecule has 0 fully saturated rings. The molecule has 0 spiro atoms. The van der Waals surface area contributed by atoms with Crippen LogP contribution < -0.4 is 16.6 Å². The van der Waals surface area contributed by atoms with E-state index in [-0.39, 0.29) is 24.1 Å².